The fourth-order valence-corrected chi connectivity index (χ4v) is 4.06. The number of ether oxygens (including phenoxy) is 1. The molecule has 2 heterocycles. The summed E-state index contributed by atoms with van der Waals surface area (Å²) in [6.07, 6.45) is 0. The van der Waals surface area contributed by atoms with Gasteiger partial charge in [-0.1, -0.05) is 36.4 Å². The highest BCUT2D eigenvalue weighted by atomic mass is 35.5. The van der Waals surface area contributed by atoms with Crippen LogP contribution in [0.5, 0.6) is 0 Å². The summed E-state index contributed by atoms with van der Waals surface area (Å²) in [6, 6.07) is 8.33. The van der Waals surface area contributed by atoms with Crippen LogP contribution in [0.1, 0.15) is 62.3 Å². The van der Waals surface area contributed by atoms with Crippen LogP contribution in [0.4, 0.5) is 5.69 Å². The van der Waals surface area contributed by atoms with Crippen LogP contribution in [0, 0.1) is 6.92 Å². The molecule has 0 saturated heterocycles. The smallest absolute Gasteiger partial charge is 0.359 e. The number of hydrogen-bond acceptors (Lipinski definition) is 7. The Morgan fingerprint density at radius 1 is 1.28 bits per heavy atom. The van der Waals surface area contributed by atoms with Gasteiger partial charge in [-0.3, -0.25) is 4.79 Å². The molecule has 3 rings (SSSR count). The number of aryl methyl sites for hydroxylation is 1. The molecule has 1 N–H and O–H groups in total. The highest BCUT2D eigenvalue weighted by Gasteiger charge is 2.24. The fraction of sp³-hybridized carbons (Fsp3) is 0.375. The Hall–Kier alpha value is -2.51. The first-order valence-electron chi connectivity index (χ1n) is 10.4. The van der Waals surface area contributed by atoms with Crippen LogP contribution >= 0.6 is 23.4 Å². The Bertz CT molecular complexity index is 1220. The van der Waals surface area contributed by atoms with E-state index >= 15 is 0 Å². The standard InChI is InChI=1S/C24H27ClN2O4S/c1-7-32-20-12-18(28)16-11-13(2)10-15(22(16)30-20)14(3)26-17-8-9-19(25)27-21(17)23(29)31-24(4,5)6/h8-12,14,26H,7H2,1-6H3. The zero-order valence-electron chi connectivity index (χ0n) is 19.0. The number of nitrogens with one attached hydrogen (secondary N) is 1. The summed E-state index contributed by atoms with van der Waals surface area (Å²) < 4.78 is 11.6. The summed E-state index contributed by atoms with van der Waals surface area (Å²) in [5.74, 6) is 0.219. The van der Waals surface area contributed by atoms with Crippen LogP contribution in [0.15, 0.2) is 44.6 Å². The number of rotatable bonds is 6. The lowest BCUT2D eigenvalue weighted by molar-refractivity contribution is 0.00640. The average molecular weight is 475 g/mol. The minimum absolute atomic E-state index is 0.0815. The predicted molar refractivity (Wildman–Crippen MR) is 130 cm³/mol. The first kappa shape index (κ1) is 24.1. The maximum Gasteiger partial charge on any atom is 0.359 e. The van der Waals surface area contributed by atoms with Gasteiger partial charge in [0.1, 0.15) is 16.3 Å². The van der Waals surface area contributed by atoms with Gasteiger partial charge in [0.15, 0.2) is 16.2 Å². The summed E-state index contributed by atoms with van der Waals surface area (Å²) in [6.45, 7) is 11.2. The summed E-state index contributed by atoms with van der Waals surface area (Å²) in [5.41, 5.74) is 2.09. The minimum atomic E-state index is -0.673. The molecule has 0 saturated carbocycles. The maximum atomic E-state index is 12.7. The molecule has 1 atom stereocenters. The number of carbonyl (C=O) groups excluding carboxylic acids is 1. The van der Waals surface area contributed by atoms with Gasteiger partial charge in [0.05, 0.1) is 17.1 Å². The molecule has 0 aliphatic carbocycles. The molecule has 2 aromatic heterocycles. The molecule has 0 aliphatic heterocycles. The lowest BCUT2D eigenvalue weighted by Gasteiger charge is -2.22. The van der Waals surface area contributed by atoms with Crippen molar-refractivity contribution in [2.75, 3.05) is 11.1 Å². The van der Waals surface area contributed by atoms with Crippen molar-refractivity contribution >= 4 is 46.0 Å². The summed E-state index contributed by atoms with van der Waals surface area (Å²) in [5, 5.41) is 4.61. The van der Waals surface area contributed by atoms with Gasteiger partial charge in [0.2, 0.25) is 0 Å². The van der Waals surface area contributed by atoms with Crippen molar-refractivity contribution < 1.29 is 13.9 Å². The molecular formula is C24H27ClN2O4S. The number of nitrogens with zero attached hydrogens (tertiary/aromatic N) is 1. The van der Waals surface area contributed by atoms with Gasteiger partial charge in [-0.15, -0.1) is 0 Å². The third-order valence-electron chi connectivity index (χ3n) is 4.56. The van der Waals surface area contributed by atoms with Crippen LogP contribution in [0.3, 0.4) is 0 Å². The molecule has 0 bridgehead atoms. The Labute approximate surface area is 196 Å². The van der Waals surface area contributed by atoms with E-state index in [0.717, 1.165) is 16.9 Å². The van der Waals surface area contributed by atoms with Gasteiger partial charge in [-0.05, 0) is 64.1 Å². The van der Waals surface area contributed by atoms with Crippen molar-refractivity contribution in [3.63, 3.8) is 0 Å². The first-order valence-corrected chi connectivity index (χ1v) is 11.7. The van der Waals surface area contributed by atoms with E-state index in [9.17, 15) is 9.59 Å². The number of pyridine rings is 1. The topological polar surface area (TPSA) is 81.4 Å². The molecule has 32 heavy (non-hydrogen) atoms. The van der Waals surface area contributed by atoms with E-state index in [2.05, 4.69) is 10.3 Å². The summed E-state index contributed by atoms with van der Waals surface area (Å²) in [7, 11) is 0. The Morgan fingerprint density at radius 3 is 2.66 bits per heavy atom. The Balaban J connectivity index is 2.05. The van der Waals surface area contributed by atoms with E-state index in [4.69, 9.17) is 20.8 Å². The van der Waals surface area contributed by atoms with Crippen LogP contribution < -0.4 is 10.7 Å². The number of hydrogen-bond donors (Lipinski definition) is 1. The van der Waals surface area contributed by atoms with Crippen molar-refractivity contribution in [2.45, 2.75) is 58.3 Å². The predicted octanol–water partition coefficient (Wildman–Crippen LogP) is 6.39. The van der Waals surface area contributed by atoms with Gasteiger partial charge in [-0.2, -0.15) is 0 Å². The van der Waals surface area contributed by atoms with Gasteiger partial charge >= 0.3 is 5.97 Å². The molecule has 0 aliphatic rings. The number of carbonyl (C=O) groups is 1. The van der Waals surface area contributed by atoms with E-state index in [1.54, 1.807) is 32.9 Å². The maximum absolute atomic E-state index is 12.7. The molecule has 8 heteroatoms. The zero-order valence-corrected chi connectivity index (χ0v) is 20.6. The van der Waals surface area contributed by atoms with Crippen molar-refractivity contribution in [3.8, 4) is 0 Å². The Kier molecular flexibility index (Phi) is 7.20. The molecule has 3 aromatic rings. The SMILES string of the molecule is CCSc1cc(=O)c2cc(C)cc(C(C)Nc3ccc(Cl)nc3C(=O)OC(C)(C)C)c2o1. The number of halogens is 1. The van der Waals surface area contributed by atoms with Gasteiger partial charge in [0.25, 0.3) is 0 Å². The van der Waals surface area contributed by atoms with Crippen molar-refractivity contribution in [1.82, 2.24) is 4.98 Å². The average Bonchev–Trinajstić information content (AvgIpc) is 2.68. The van der Waals surface area contributed by atoms with Crippen LogP contribution in [0.25, 0.3) is 11.0 Å². The molecule has 0 fully saturated rings. The van der Waals surface area contributed by atoms with Gasteiger partial charge in [0, 0.05) is 11.6 Å². The number of aromatic nitrogens is 1. The number of fused-ring (bicyclic) bond motifs is 1. The third kappa shape index (κ3) is 5.64. The van der Waals surface area contributed by atoms with E-state index in [1.807, 2.05) is 32.9 Å². The normalized spacial score (nSPS) is 12.6. The monoisotopic (exact) mass is 474 g/mol. The second kappa shape index (κ2) is 9.55. The highest BCUT2D eigenvalue weighted by molar-refractivity contribution is 7.99. The lowest BCUT2D eigenvalue weighted by Crippen LogP contribution is -2.25. The number of thioether (sulfide) groups is 1. The van der Waals surface area contributed by atoms with E-state index in [1.165, 1.54) is 17.8 Å². The highest BCUT2D eigenvalue weighted by Crippen LogP contribution is 2.31. The number of benzene rings is 1. The summed E-state index contributed by atoms with van der Waals surface area (Å²) in [4.78, 5) is 29.6. The lowest BCUT2D eigenvalue weighted by atomic mass is 10.0. The van der Waals surface area contributed by atoms with Crippen molar-refractivity contribution in [3.05, 3.63) is 62.5 Å². The molecule has 1 aromatic carbocycles. The minimum Gasteiger partial charge on any atom is -0.455 e. The molecule has 1 unspecified atom stereocenters. The summed E-state index contributed by atoms with van der Waals surface area (Å²) >= 11 is 7.52. The van der Waals surface area contributed by atoms with E-state index in [0.29, 0.717) is 21.7 Å². The van der Waals surface area contributed by atoms with Gasteiger partial charge < -0.3 is 14.5 Å². The second-order valence-electron chi connectivity index (χ2n) is 8.49. The van der Waals surface area contributed by atoms with E-state index in [-0.39, 0.29) is 22.3 Å². The van der Waals surface area contributed by atoms with E-state index < -0.39 is 11.6 Å². The van der Waals surface area contributed by atoms with Crippen LogP contribution in [-0.4, -0.2) is 22.3 Å². The third-order valence-corrected chi connectivity index (χ3v) is 5.54. The molecule has 170 valence electrons. The molecule has 6 nitrogen and oxygen atoms in total. The first-order chi connectivity index (χ1) is 15.0. The molecular weight excluding hydrogens is 448 g/mol. The second-order valence-corrected chi connectivity index (χ2v) is 10.1. The van der Waals surface area contributed by atoms with Gasteiger partial charge in [-0.25, -0.2) is 9.78 Å². The van der Waals surface area contributed by atoms with Crippen molar-refractivity contribution in [2.24, 2.45) is 0 Å². The number of anilines is 1. The molecule has 0 amide bonds. The van der Waals surface area contributed by atoms with Crippen LogP contribution in [-0.2, 0) is 4.74 Å². The molecule has 0 radical (unpaired) electrons. The zero-order chi connectivity index (χ0) is 23.6. The largest absolute Gasteiger partial charge is 0.455 e. The number of esters is 1. The fourth-order valence-electron chi connectivity index (χ4n) is 3.29. The Morgan fingerprint density at radius 2 is 2.00 bits per heavy atom. The molecule has 0 spiro atoms. The van der Waals surface area contributed by atoms with Crippen molar-refractivity contribution in [1.29, 1.82) is 0 Å². The quantitative estimate of drug-likeness (QED) is 0.252. The van der Waals surface area contributed by atoms with Crippen LogP contribution in [0.2, 0.25) is 5.15 Å².